The lowest BCUT2D eigenvalue weighted by Crippen LogP contribution is -2.16. The van der Waals surface area contributed by atoms with Gasteiger partial charge >= 0.3 is 5.91 Å². The Morgan fingerprint density at radius 1 is 0.943 bits per heavy atom. The summed E-state index contributed by atoms with van der Waals surface area (Å²) >= 11 is 13.8. The molecule has 1 aromatic heterocycles. The third-order valence-electron chi connectivity index (χ3n) is 4.80. The standard InChI is InChI=1S/C25H18Br4N2O4/c1-2-33-21-9-16(19(28)11-22(21)34-13-14-3-5-17(26)6-4-14)12-30-31-25(32)23-8-15-7-18(27)10-20(29)24(15)35-23/h3-12H,2,13H2,1H3,(H,31,32)/b30-12-. The molecule has 3 aromatic carbocycles. The molecule has 0 fully saturated rings. The quantitative estimate of drug-likeness (QED) is 0.147. The number of ether oxygens (including phenoxy) is 2. The Bertz CT molecular complexity index is 1400. The largest absolute Gasteiger partial charge is 0.490 e. The molecule has 0 radical (unpaired) electrons. The van der Waals surface area contributed by atoms with Gasteiger partial charge in [0.1, 0.15) is 12.2 Å². The number of hydrazone groups is 1. The van der Waals surface area contributed by atoms with Crippen molar-refractivity contribution in [1.29, 1.82) is 0 Å². The van der Waals surface area contributed by atoms with Crippen molar-refractivity contribution in [3.05, 3.63) is 89.4 Å². The number of benzene rings is 3. The number of hydrogen-bond acceptors (Lipinski definition) is 5. The van der Waals surface area contributed by atoms with Gasteiger partial charge in [0, 0.05) is 24.4 Å². The lowest BCUT2D eigenvalue weighted by molar-refractivity contribution is 0.0929. The van der Waals surface area contributed by atoms with E-state index in [1.54, 1.807) is 12.1 Å². The highest BCUT2D eigenvalue weighted by molar-refractivity contribution is 9.11. The van der Waals surface area contributed by atoms with Gasteiger partial charge in [-0.2, -0.15) is 5.10 Å². The summed E-state index contributed by atoms with van der Waals surface area (Å²) < 4.78 is 20.8. The highest BCUT2D eigenvalue weighted by Crippen LogP contribution is 2.34. The monoisotopic (exact) mass is 726 g/mol. The van der Waals surface area contributed by atoms with Crippen LogP contribution in [0.25, 0.3) is 11.0 Å². The van der Waals surface area contributed by atoms with Crippen LogP contribution in [0.15, 0.2) is 82.0 Å². The van der Waals surface area contributed by atoms with Crippen molar-refractivity contribution in [1.82, 2.24) is 5.43 Å². The van der Waals surface area contributed by atoms with Crippen LogP contribution < -0.4 is 14.9 Å². The fourth-order valence-corrected chi connectivity index (χ4v) is 5.20. The Kier molecular flexibility index (Phi) is 8.69. The Morgan fingerprint density at radius 3 is 2.43 bits per heavy atom. The molecule has 180 valence electrons. The Balaban J connectivity index is 1.47. The second-order valence-corrected chi connectivity index (χ2v) is 10.8. The third kappa shape index (κ3) is 6.55. The maximum Gasteiger partial charge on any atom is 0.307 e. The van der Waals surface area contributed by atoms with E-state index in [1.807, 2.05) is 49.4 Å². The molecule has 35 heavy (non-hydrogen) atoms. The van der Waals surface area contributed by atoms with E-state index in [4.69, 9.17) is 13.9 Å². The van der Waals surface area contributed by atoms with E-state index < -0.39 is 5.91 Å². The predicted molar refractivity (Wildman–Crippen MR) is 150 cm³/mol. The van der Waals surface area contributed by atoms with Gasteiger partial charge in [0.05, 0.1) is 17.3 Å². The number of furan rings is 1. The first-order valence-electron chi connectivity index (χ1n) is 10.4. The molecule has 4 rings (SSSR count). The van der Waals surface area contributed by atoms with E-state index in [0.717, 1.165) is 28.8 Å². The van der Waals surface area contributed by atoms with E-state index in [2.05, 4.69) is 74.2 Å². The van der Waals surface area contributed by atoms with Gasteiger partial charge in [-0.15, -0.1) is 0 Å². The molecule has 1 heterocycles. The van der Waals surface area contributed by atoms with E-state index in [-0.39, 0.29) is 5.76 Å². The molecule has 1 N–H and O–H groups in total. The number of hydrogen-bond donors (Lipinski definition) is 1. The number of nitrogens with one attached hydrogen (secondary N) is 1. The van der Waals surface area contributed by atoms with Crippen molar-refractivity contribution >= 4 is 86.8 Å². The zero-order chi connectivity index (χ0) is 24.9. The zero-order valence-electron chi connectivity index (χ0n) is 18.3. The highest BCUT2D eigenvalue weighted by Gasteiger charge is 2.15. The third-order valence-corrected chi connectivity index (χ3v) is 7.06. The van der Waals surface area contributed by atoms with Gasteiger partial charge in [-0.25, -0.2) is 5.43 Å². The molecular weight excluding hydrogens is 712 g/mol. The molecule has 10 heteroatoms. The first kappa shape index (κ1) is 25.9. The van der Waals surface area contributed by atoms with Crippen molar-refractivity contribution in [2.24, 2.45) is 5.10 Å². The molecule has 4 aromatic rings. The first-order valence-corrected chi connectivity index (χ1v) is 13.6. The van der Waals surface area contributed by atoms with Crippen LogP contribution in [0.3, 0.4) is 0 Å². The van der Waals surface area contributed by atoms with E-state index in [0.29, 0.717) is 35.9 Å². The molecule has 1 amide bonds. The Morgan fingerprint density at radius 2 is 1.69 bits per heavy atom. The molecule has 0 saturated carbocycles. The van der Waals surface area contributed by atoms with Crippen LogP contribution in [0.2, 0.25) is 0 Å². The van der Waals surface area contributed by atoms with Crippen molar-refractivity contribution in [2.75, 3.05) is 6.61 Å². The second-order valence-electron chi connectivity index (χ2n) is 7.28. The molecule has 0 saturated heterocycles. The number of carbonyl (C=O) groups is 1. The van der Waals surface area contributed by atoms with Crippen LogP contribution in [-0.4, -0.2) is 18.7 Å². The molecule has 0 atom stereocenters. The van der Waals surface area contributed by atoms with Crippen LogP contribution >= 0.6 is 63.7 Å². The summed E-state index contributed by atoms with van der Waals surface area (Å²) in [4.78, 5) is 12.5. The van der Waals surface area contributed by atoms with Gasteiger partial charge in [0.25, 0.3) is 0 Å². The smallest absolute Gasteiger partial charge is 0.307 e. The van der Waals surface area contributed by atoms with Gasteiger partial charge in [-0.05, 0) is 86.8 Å². The van der Waals surface area contributed by atoms with Crippen molar-refractivity contribution < 1.29 is 18.7 Å². The summed E-state index contributed by atoms with van der Waals surface area (Å²) in [5.74, 6) is 0.868. The maximum absolute atomic E-state index is 12.5. The number of amides is 1. The average molecular weight is 730 g/mol. The Hall–Kier alpha value is -2.14. The van der Waals surface area contributed by atoms with Crippen LogP contribution in [-0.2, 0) is 6.61 Å². The van der Waals surface area contributed by atoms with Gasteiger partial charge in [0.15, 0.2) is 17.3 Å². The fraction of sp³-hybridized carbons (Fsp3) is 0.120. The van der Waals surface area contributed by atoms with Crippen molar-refractivity contribution in [2.45, 2.75) is 13.5 Å². The molecule has 0 bridgehead atoms. The van der Waals surface area contributed by atoms with Crippen LogP contribution in [0, 0.1) is 0 Å². The summed E-state index contributed by atoms with van der Waals surface area (Å²) in [7, 11) is 0. The lowest BCUT2D eigenvalue weighted by atomic mass is 10.2. The van der Waals surface area contributed by atoms with Crippen molar-refractivity contribution in [3.63, 3.8) is 0 Å². The summed E-state index contributed by atoms with van der Waals surface area (Å²) in [5.41, 5.74) is 4.83. The number of rotatable bonds is 8. The second kappa shape index (κ2) is 11.7. The number of nitrogens with zero attached hydrogens (tertiary/aromatic N) is 1. The summed E-state index contributed by atoms with van der Waals surface area (Å²) in [5, 5.41) is 4.88. The van der Waals surface area contributed by atoms with Crippen LogP contribution in [0.5, 0.6) is 11.5 Å². The first-order chi connectivity index (χ1) is 16.8. The highest BCUT2D eigenvalue weighted by atomic mass is 79.9. The number of fused-ring (bicyclic) bond motifs is 1. The fourth-order valence-electron chi connectivity index (χ4n) is 3.18. The molecule has 0 spiro atoms. The van der Waals surface area contributed by atoms with E-state index >= 15 is 0 Å². The number of halogens is 4. The van der Waals surface area contributed by atoms with E-state index in [9.17, 15) is 4.79 Å². The van der Waals surface area contributed by atoms with E-state index in [1.165, 1.54) is 6.21 Å². The summed E-state index contributed by atoms with van der Waals surface area (Å²) in [6.07, 6.45) is 1.53. The molecule has 0 aliphatic rings. The normalized spacial score (nSPS) is 11.2. The minimum Gasteiger partial charge on any atom is -0.490 e. The maximum atomic E-state index is 12.5. The van der Waals surface area contributed by atoms with Gasteiger partial charge in [-0.3, -0.25) is 4.79 Å². The minimum atomic E-state index is -0.462. The molecule has 0 unspecified atom stereocenters. The van der Waals surface area contributed by atoms with Crippen molar-refractivity contribution in [3.8, 4) is 11.5 Å². The number of carbonyl (C=O) groups excluding carboxylic acids is 1. The SMILES string of the molecule is CCOc1cc(/C=N\NC(=O)c2cc3cc(Br)cc(Br)c3o2)c(Br)cc1OCc1ccc(Br)cc1. The average Bonchev–Trinajstić information content (AvgIpc) is 3.25. The predicted octanol–water partition coefficient (Wildman–Crippen LogP) is 8.22. The van der Waals surface area contributed by atoms with Crippen LogP contribution in [0.1, 0.15) is 28.6 Å². The topological polar surface area (TPSA) is 73.1 Å². The summed E-state index contributed by atoms with van der Waals surface area (Å²) in [6.45, 7) is 2.77. The summed E-state index contributed by atoms with van der Waals surface area (Å²) in [6, 6.07) is 16.9. The molecule has 0 aliphatic carbocycles. The van der Waals surface area contributed by atoms with Gasteiger partial charge < -0.3 is 13.9 Å². The van der Waals surface area contributed by atoms with Crippen LogP contribution in [0.4, 0.5) is 0 Å². The molecular formula is C25H18Br4N2O4. The van der Waals surface area contributed by atoms with Gasteiger partial charge in [0.2, 0.25) is 0 Å². The molecule has 6 nitrogen and oxygen atoms in total. The molecule has 0 aliphatic heterocycles. The van der Waals surface area contributed by atoms with Gasteiger partial charge in [-0.1, -0.05) is 44.0 Å². The lowest BCUT2D eigenvalue weighted by Gasteiger charge is -2.14. The minimum absolute atomic E-state index is 0.154. The Labute approximate surface area is 235 Å². The zero-order valence-corrected chi connectivity index (χ0v) is 24.6.